The Morgan fingerprint density at radius 2 is 1.73 bits per heavy atom. The fourth-order valence-corrected chi connectivity index (χ4v) is 3.99. The van der Waals surface area contributed by atoms with Crippen molar-refractivity contribution in [3.05, 3.63) is 76.4 Å². The molecule has 0 saturated carbocycles. The molecule has 222 valence electrons. The van der Waals surface area contributed by atoms with Crippen molar-refractivity contribution in [2.24, 2.45) is 0 Å². The number of carbonyl (C=O) groups is 1. The number of ether oxygens (including phenoxy) is 5. The van der Waals surface area contributed by atoms with E-state index >= 15 is 0 Å². The van der Waals surface area contributed by atoms with Crippen LogP contribution in [0.4, 0.5) is 18.0 Å². The van der Waals surface area contributed by atoms with Crippen LogP contribution in [0.1, 0.15) is 16.7 Å². The van der Waals surface area contributed by atoms with Gasteiger partial charge >= 0.3 is 22.5 Å². The number of nitrogens with zero attached hydrogens (tertiary/aromatic N) is 1. The number of benzene rings is 2. The molecule has 3 aromatic rings. The Morgan fingerprint density at radius 1 is 1.02 bits per heavy atom. The van der Waals surface area contributed by atoms with Gasteiger partial charge in [0.2, 0.25) is 5.88 Å². The number of nitrogens with one attached hydrogen (secondary N) is 2. The summed E-state index contributed by atoms with van der Waals surface area (Å²) in [5.74, 6) is 0.498. The van der Waals surface area contributed by atoms with Crippen LogP contribution < -0.4 is 23.7 Å². The van der Waals surface area contributed by atoms with Crippen molar-refractivity contribution in [2.45, 2.75) is 19.3 Å². The lowest BCUT2D eigenvalue weighted by molar-refractivity contribution is -0.137. The lowest BCUT2D eigenvalue weighted by Crippen LogP contribution is -2.40. The first-order valence-electron chi connectivity index (χ1n) is 11.6. The Hall–Kier alpha value is -3.79. The van der Waals surface area contributed by atoms with Gasteiger partial charge in [0.15, 0.2) is 0 Å². The number of hydrogen-bond donors (Lipinski definition) is 2. The van der Waals surface area contributed by atoms with Gasteiger partial charge in [-0.15, -0.1) is 0 Å². The molecule has 1 heterocycles. The molecule has 0 bridgehead atoms. The van der Waals surface area contributed by atoms with Gasteiger partial charge in [0.1, 0.15) is 35.5 Å². The standard InChI is InChI=1S/C25H25ClF3N3O8S/c1-36-9-10-38-20-8-5-17(22(12-20)40-23-21(26)11-18(14-30-23)25(27,28)29)15-39-24(33)32-41(34,35)31-13-16-3-6-19(37-2)7-4-16/h3-8,11-12,14,31H,9-10,13,15H2,1-2H3,(H,32,33). The largest absolute Gasteiger partial charge is 0.497 e. The minimum absolute atomic E-state index is 0.0256. The Bertz CT molecular complexity index is 1440. The summed E-state index contributed by atoms with van der Waals surface area (Å²) in [6.07, 6.45) is -5.42. The van der Waals surface area contributed by atoms with Crippen molar-refractivity contribution in [1.82, 2.24) is 14.4 Å². The van der Waals surface area contributed by atoms with Gasteiger partial charge in [-0.1, -0.05) is 23.7 Å². The molecule has 0 aliphatic rings. The first kappa shape index (κ1) is 31.7. The lowest BCUT2D eigenvalue weighted by atomic mass is 10.2. The molecule has 3 rings (SSSR count). The zero-order valence-corrected chi connectivity index (χ0v) is 23.2. The third-order valence-electron chi connectivity index (χ3n) is 5.14. The average Bonchev–Trinajstić information content (AvgIpc) is 2.92. The predicted molar refractivity (Wildman–Crippen MR) is 140 cm³/mol. The monoisotopic (exact) mass is 619 g/mol. The molecular formula is C25H25ClF3N3O8S. The number of rotatable bonds is 13. The molecule has 0 fully saturated rings. The van der Waals surface area contributed by atoms with E-state index in [9.17, 15) is 26.4 Å². The molecule has 11 nitrogen and oxygen atoms in total. The fraction of sp³-hybridized carbons (Fsp3) is 0.280. The van der Waals surface area contributed by atoms with Gasteiger partial charge in [-0.3, -0.25) is 0 Å². The Kier molecular flexibility index (Phi) is 11.0. The van der Waals surface area contributed by atoms with Gasteiger partial charge < -0.3 is 23.7 Å². The van der Waals surface area contributed by atoms with E-state index < -0.39 is 39.7 Å². The molecule has 0 atom stereocenters. The van der Waals surface area contributed by atoms with E-state index in [1.54, 1.807) is 29.0 Å². The summed E-state index contributed by atoms with van der Waals surface area (Å²) in [6, 6.07) is 11.5. The number of methoxy groups -OCH3 is 2. The van der Waals surface area contributed by atoms with Crippen molar-refractivity contribution in [3.8, 4) is 23.1 Å². The van der Waals surface area contributed by atoms with Gasteiger partial charge in [-0.2, -0.15) is 26.3 Å². The number of hydrogen-bond acceptors (Lipinski definition) is 9. The van der Waals surface area contributed by atoms with Gasteiger partial charge in [0, 0.05) is 31.5 Å². The van der Waals surface area contributed by atoms with Crippen molar-refractivity contribution in [2.75, 3.05) is 27.4 Å². The molecule has 0 radical (unpaired) electrons. The minimum atomic E-state index is -4.67. The topological polar surface area (TPSA) is 134 Å². The zero-order valence-electron chi connectivity index (χ0n) is 21.7. The van der Waals surface area contributed by atoms with E-state index in [4.69, 9.17) is 35.3 Å². The van der Waals surface area contributed by atoms with Gasteiger partial charge in [0.25, 0.3) is 0 Å². The van der Waals surface area contributed by atoms with Crippen molar-refractivity contribution in [3.63, 3.8) is 0 Å². The molecule has 0 spiro atoms. The quantitative estimate of drug-likeness (QED) is 0.258. The molecule has 2 N–H and O–H groups in total. The van der Waals surface area contributed by atoms with E-state index in [2.05, 4.69) is 9.71 Å². The van der Waals surface area contributed by atoms with Crippen LogP contribution in [0, 0.1) is 0 Å². The maximum absolute atomic E-state index is 13.0. The summed E-state index contributed by atoms with van der Waals surface area (Å²) in [7, 11) is -1.31. The first-order valence-corrected chi connectivity index (χ1v) is 13.5. The summed E-state index contributed by atoms with van der Waals surface area (Å²) < 4.78 is 93.5. The molecule has 2 aromatic carbocycles. The summed E-state index contributed by atoms with van der Waals surface area (Å²) in [5, 5.41) is -0.427. The van der Waals surface area contributed by atoms with Crippen LogP contribution >= 0.6 is 11.6 Å². The van der Waals surface area contributed by atoms with Crippen LogP contribution in [0.5, 0.6) is 23.1 Å². The molecule has 16 heteroatoms. The van der Waals surface area contributed by atoms with Crippen LogP contribution in [0.3, 0.4) is 0 Å². The molecule has 0 unspecified atom stereocenters. The number of halogens is 4. The van der Waals surface area contributed by atoms with E-state index in [0.717, 1.165) is 0 Å². The molecule has 0 aliphatic carbocycles. The average molecular weight is 620 g/mol. The van der Waals surface area contributed by atoms with E-state index in [0.29, 0.717) is 29.3 Å². The number of aromatic nitrogens is 1. The maximum Gasteiger partial charge on any atom is 0.422 e. The maximum atomic E-state index is 13.0. The van der Waals surface area contributed by atoms with Gasteiger partial charge in [-0.25, -0.2) is 14.5 Å². The first-order chi connectivity index (χ1) is 19.4. The minimum Gasteiger partial charge on any atom is -0.497 e. The summed E-state index contributed by atoms with van der Waals surface area (Å²) >= 11 is 5.96. The number of pyridine rings is 1. The van der Waals surface area contributed by atoms with E-state index in [-0.39, 0.29) is 37.0 Å². The van der Waals surface area contributed by atoms with E-state index in [1.807, 2.05) is 0 Å². The predicted octanol–water partition coefficient (Wildman–Crippen LogP) is 4.84. The molecule has 1 aromatic heterocycles. The highest BCUT2D eigenvalue weighted by Gasteiger charge is 2.32. The Balaban J connectivity index is 1.69. The van der Waals surface area contributed by atoms with Crippen LogP contribution in [-0.4, -0.2) is 46.9 Å². The molecular weight excluding hydrogens is 595 g/mol. The number of amides is 1. The zero-order chi connectivity index (χ0) is 30.0. The molecule has 0 aliphatic heterocycles. The van der Waals surface area contributed by atoms with E-state index in [1.165, 1.54) is 32.4 Å². The SMILES string of the molecule is COCCOc1ccc(COC(=O)NS(=O)(=O)NCc2ccc(OC)cc2)c(Oc2ncc(C(F)(F)F)cc2Cl)c1. The van der Waals surface area contributed by atoms with Crippen LogP contribution in [0.2, 0.25) is 5.02 Å². The fourth-order valence-electron chi connectivity index (χ4n) is 3.08. The summed E-state index contributed by atoms with van der Waals surface area (Å²) in [6.45, 7) is -0.162. The van der Waals surface area contributed by atoms with Crippen LogP contribution in [0.15, 0.2) is 54.7 Å². The second-order valence-electron chi connectivity index (χ2n) is 8.07. The van der Waals surface area contributed by atoms with Crippen molar-refractivity contribution in [1.29, 1.82) is 0 Å². The third-order valence-corrected chi connectivity index (χ3v) is 6.37. The van der Waals surface area contributed by atoms with Crippen LogP contribution in [0.25, 0.3) is 0 Å². The van der Waals surface area contributed by atoms with Crippen molar-refractivity contribution < 1.29 is 50.1 Å². The van der Waals surface area contributed by atoms with Crippen LogP contribution in [-0.2, 0) is 39.0 Å². The van der Waals surface area contributed by atoms with Gasteiger partial charge in [0.05, 0.1) is 19.3 Å². The highest BCUT2D eigenvalue weighted by Crippen LogP contribution is 2.36. The van der Waals surface area contributed by atoms with Gasteiger partial charge in [-0.05, 0) is 35.9 Å². The normalized spacial score (nSPS) is 11.6. The number of carbonyl (C=O) groups excluding carboxylic acids is 1. The summed E-state index contributed by atoms with van der Waals surface area (Å²) in [4.78, 5) is 15.9. The summed E-state index contributed by atoms with van der Waals surface area (Å²) in [5.41, 5.74) is -0.274. The Labute approximate surface area is 238 Å². The molecule has 0 saturated heterocycles. The molecule has 1 amide bonds. The number of alkyl halides is 3. The lowest BCUT2D eigenvalue weighted by Gasteiger charge is -2.15. The second-order valence-corrected chi connectivity index (χ2v) is 9.98. The highest BCUT2D eigenvalue weighted by atomic mass is 35.5. The highest BCUT2D eigenvalue weighted by molar-refractivity contribution is 7.88. The third kappa shape index (κ3) is 9.97. The van der Waals surface area contributed by atoms with Crippen molar-refractivity contribution >= 4 is 27.9 Å². The second kappa shape index (κ2) is 14.2. The molecule has 41 heavy (non-hydrogen) atoms. The smallest absolute Gasteiger partial charge is 0.422 e. The Morgan fingerprint density at radius 3 is 2.37 bits per heavy atom.